The lowest BCUT2D eigenvalue weighted by molar-refractivity contribution is -0.145. The lowest BCUT2D eigenvalue weighted by Crippen LogP contribution is -2.62. The Bertz CT molecular complexity index is 2510. The van der Waals surface area contributed by atoms with Crippen molar-refractivity contribution < 1.29 is 53.6 Å². The maximum absolute atomic E-state index is 14.4. The van der Waals surface area contributed by atoms with Crippen LogP contribution < -0.4 is 46.9 Å². The number of piperazine rings is 1. The number of ether oxygens (including phenoxy) is 1. The molecule has 0 unspecified atom stereocenters. The molecule has 0 radical (unpaired) electrons. The number of unbranched alkanes of at least 4 members (excludes halogenated alkanes) is 4. The first kappa shape index (κ1) is 58.9. The largest absolute Gasteiger partial charge is 0.494 e. The van der Waals surface area contributed by atoms with Gasteiger partial charge in [-0.15, -0.1) is 0 Å². The van der Waals surface area contributed by atoms with E-state index in [1.54, 1.807) is 36.4 Å². The van der Waals surface area contributed by atoms with Gasteiger partial charge in [0.05, 0.1) is 25.4 Å². The Morgan fingerprint density at radius 2 is 1.27 bits per heavy atom. The molecule has 10 N–H and O–H groups in total. The van der Waals surface area contributed by atoms with E-state index in [0.29, 0.717) is 24.2 Å². The predicted molar refractivity (Wildman–Crippen MR) is 293 cm³/mol. The highest BCUT2D eigenvalue weighted by atomic mass is 16.5. The van der Waals surface area contributed by atoms with Gasteiger partial charge >= 0.3 is 0 Å². The standard InChI is InChI=1S/C57H80N10O11/c1-4-5-6-7-8-31-78-44-23-21-43(22-24-44)65-29-27-64(28-30-65)42-19-17-40(18-20-42)51(71)60-45-11-9-25-59-54(74)48-33-41(58)34-67(48)57(77)50(37(3)70)63-53(73)46(32-38-13-15-39(35-68)16-14-38)61-55(75)47-12-10-26-66(47)56(76)49(36(2)69)62-52(45)72/h13-24,36-37,41,45-50,68-70H,4-12,25-35,58H2,1-3H3,(H,59,74)(H,60,71)(H,61,75)(H,62,72)(H,63,73)/t36-,37-,41+,45+,46+,47+,48+,49+,50+/m1/s1. The lowest BCUT2D eigenvalue weighted by atomic mass is 10.0. The van der Waals surface area contributed by atoms with Crippen molar-refractivity contribution in [3.8, 4) is 5.75 Å². The fourth-order valence-corrected chi connectivity index (χ4v) is 10.6. The number of fused-ring (bicyclic) bond motifs is 2. The van der Waals surface area contributed by atoms with Gasteiger partial charge in [-0.25, -0.2) is 0 Å². The molecule has 0 spiro atoms. The Kier molecular flexibility index (Phi) is 21.3. The van der Waals surface area contributed by atoms with E-state index in [9.17, 15) is 48.9 Å². The lowest BCUT2D eigenvalue weighted by Gasteiger charge is -2.37. The minimum Gasteiger partial charge on any atom is -0.494 e. The quantitative estimate of drug-likeness (QED) is 0.0914. The molecule has 0 aromatic heterocycles. The van der Waals surface area contributed by atoms with Gasteiger partial charge < -0.3 is 72.0 Å². The first-order chi connectivity index (χ1) is 37.5. The second-order valence-electron chi connectivity index (χ2n) is 21.1. The third-order valence-electron chi connectivity index (χ3n) is 15.2. The molecule has 0 bridgehead atoms. The van der Waals surface area contributed by atoms with E-state index in [2.05, 4.69) is 55.4 Å². The number of aliphatic hydroxyl groups excluding tert-OH is 3. The van der Waals surface area contributed by atoms with Gasteiger partial charge in [-0.2, -0.15) is 0 Å². The van der Waals surface area contributed by atoms with E-state index < -0.39 is 95.9 Å². The van der Waals surface area contributed by atoms with Crippen LogP contribution in [0.4, 0.5) is 11.4 Å². The van der Waals surface area contributed by atoms with Gasteiger partial charge in [-0.3, -0.25) is 33.6 Å². The van der Waals surface area contributed by atoms with Gasteiger partial charge in [-0.1, -0.05) is 56.9 Å². The molecule has 4 saturated heterocycles. The van der Waals surface area contributed by atoms with Crippen molar-refractivity contribution in [3.63, 3.8) is 0 Å². The summed E-state index contributed by atoms with van der Waals surface area (Å²) < 4.78 is 5.96. The molecular weight excluding hydrogens is 1000 g/mol. The van der Waals surface area contributed by atoms with E-state index in [-0.39, 0.29) is 63.9 Å². The summed E-state index contributed by atoms with van der Waals surface area (Å²) in [4.78, 5) is 106. The first-order valence-corrected chi connectivity index (χ1v) is 27.8. The van der Waals surface area contributed by atoms with Crippen molar-refractivity contribution in [1.29, 1.82) is 0 Å². The van der Waals surface area contributed by atoms with Gasteiger partial charge in [0.2, 0.25) is 35.4 Å². The number of carbonyl (C=O) groups is 7. The van der Waals surface area contributed by atoms with E-state index in [1.807, 2.05) is 24.3 Å². The van der Waals surface area contributed by atoms with Crippen LogP contribution in [0.25, 0.3) is 0 Å². The molecule has 4 fully saturated rings. The van der Waals surface area contributed by atoms with Gasteiger partial charge in [-0.05, 0) is 112 Å². The maximum atomic E-state index is 14.4. The van der Waals surface area contributed by atoms with Gasteiger partial charge in [0.15, 0.2) is 0 Å². The number of anilines is 2. The Morgan fingerprint density at radius 1 is 0.679 bits per heavy atom. The van der Waals surface area contributed by atoms with E-state index in [1.165, 1.54) is 49.3 Å². The summed E-state index contributed by atoms with van der Waals surface area (Å²) in [5.41, 5.74) is 9.80. The smallest absolute Gasteiger partial charge is 0.251 e. The molecular formula is C57H80N10O11. The predicted octanol–water partition coefficient (Wildman–Crippen LogP) is 1.24. The van der Waals surface area contributed by atoms with Gasteiger partial charge in [0.25, 0.3) is 5.91 Å². The second-order valence-corrected chi connectivity index (χ2v) is 21.1. The van der Waals surface area contributed by atoms with Crippen molar-refractivity contribution >= 4 is 52.7 Å². The monoisotopic (exact) mass is 1080 g/mol. The van der Waals surface area contributed by atoms with E-state index in [4.69, 9.17) is 10.5 Å². The molecule has 0 saturated carbocycles. The van der Waals surface area contributed by atoms with Crippen molar-refractivity contribution in [2.45, 2.75) is 153 Å². The van der Waals surface area contributed by atoms with Crippen molar-refractivity contribution in [1.82, 2.24) is 36.4 Å². The molecule has 424 valence electrons. The number of carbonyl (C=O) groups excluding carboxylic acids is 7. The number of benzene rings is 3. The van der Waals surface area contributed by atoms with Gasteiger partial charge in [0.1, 0.15) is 42.0 Å². The number of amides is 7. The number of nitrogens with two attached hydrogens (primary N) is 1. The van der Waals surface area contributed by atoms with Crippen molar-refractivity contribution in [3.05, 3.63) is 89.5 Å². The summed E-state index contributed by atoms with van der Waals surface area (Å²) in [6.07, 6.45) is 3.65. The number of aliphatic hydroxyl groups is 3. The molecule has 3 aromatic rings. The average molecular weight is 1080 g/mol. The number of hydrogen-bond donors (Lipinski definition) is 9. The summed E-state index contributed by atoms with van der Waals surface area (Å²) in [5.74, 6) is -4.15. The summed E-state index contributed by atoms with van der Waals surface area (Å²) in [6.45, 7) is 8.41. The number of rotatable bonds is 16. The van der Waals surface area contributed by atoms with Crippen LogP contribution in [0, 0.1) is 0 Å². The van der Waals surface area contributed by atoms with E-state index in [0.717, 1.165) is 49.7 Å². The van der Waals surface area contributed by atoms with Crippen LogP contribution in [0.5, 0.6) is 5.75 Å². The molecule has 4 heterocycles. The molecule has 78 heavy (non-hydrogen) atoms. The zero-order valence-corrected chi connectivity index (χ0v) is 45.2. The SMILES string of the molecule is CCCCCCCOc1ccc(N2CCN(c3ccc(C(=O)N[C@H]4CCCNC(=O)[C@@H]5C[C@H](N)CN5C(=O)[C@H]([C@@H](C)O)NC(=O)[C@H](Cc5ccc(CO)cc5)NC(=O)[C@@H]5CCCN5C(=O)[C@H]([C@@H](C)O)NC4=O)cc3)CC2)cc1. The van der Waals surface area contributed by atoms with Crippen molar-refractivity contribution in [2.75, 3.05) is 62.2 Å². The summed E-state index contributed by atoms with van der Waals surface area (Å²) >= 11 is 0. The second kappa shape index (κ2) is 28.2. The summed E-state index contributed by atoms with van der Waals surface area (Å²) in [5, 5.41) is 45.3. The minimum absolute atomic E-state index is 0.00722. The zero-order chi connectivity index (χ0) is 55.9. The third kappa shape index (κ3) is 15.5. The highest BCUT2D eigenvalue weighted by Crippen LogP contribution is 2.26. The number of nitrogens with one attached hydrogen (secondary N) is 5. The van der Waals surface area contributed by atoms with Crippen LogP contribution in [-0.4, -0.2) is 173 Å². The van der Waals surface area contributed by atoms with E-state index >= 15 is 0 Å². The average Bonchev–Trinajstić information content (AvgIpc) is 4.12. The Labute approximate surface area is 457 Å². The molecule has 3 aromatic carbocycles. The van der Waals surface area contributed by atoms with Crippen LogP contribution in [0.2, 0.25) is 0 Å². The maximum Gasteiger partial charge on any atom is 0.251 e. The molecule has 21 heteroatoms. The van der Waals surface area contributed by atoms with Crippen LogP contribution in [0.15, 0.2) is 72.8 Å². The highest BCUT2D eigenvalue weighted by molar-refractivity contribution is 6.00. The fourth-order valence-electron chi connectivity index (χ4n) is 10.6. The first-order valence-electron chi connectivity index (χ1n) is 27.8. The Hall–Kier alpha value is -6.81. The third-order valence-corrected chi connectivity index (χ3v) is 15.2. The van der Waals surface area contributed by atoms with Crippen molar-refractivity contribution in [2.24, 2.45) is 5.73 Å². The molecule has 0 aliphatic carbocycles. The van der Waals surface area contributed by atoms with Gasteiger partial charge in [0, 0.05) is 75.2 Å². The Morgan fingerprint density at radius 3 is 1.88 bits per heavy atom. The molecule has 4 aliphatic heterocycles. The number of nitrogens with zero attached hydrogens (tertiary/aromatic N) is 4. The minimum atomic E-state index is -1.56. The van der Waals surface area contributed by atoms with Crippen LogP contribution in [0.1, 0.15) is 106 Å². The normalized spacial score (nSPS) is 24.9. The highest BCUT2D eigenvalue weighted by Gasteiger charge is 2.44. The van der Waals surface area contributed by atoms with Crippen LogP contribution in [-0.2, 0) is 41.8 Å². The summed E-state index contributed by atoms with van der Waals surface area (Å²) in [6, 6.07) is 13.4. The topological polar surface area (TPSA) is 289 Å². The molecule has 4 aliphatic rings. The Balaban J connectivity index is 1.06. The number of hydrogen-bond acceptors (Lipinski definition) is 14. The summed E-state index contributed by atoms with van der Waals surface area (Å²) in [7, 11) is 0. The zero-order valence-electron chi connectivity index (χ0n) is 45.2. The molecule has 21 nitrogen and oxygen atoms in total. The molecule has 7 rings (SSSR count). The molecule has 7 amide bonds. The molecule has 9 atom stereocenters. The van der Waals surface area contributed by atoms with Crippen LogP contribution in [0.3, 0.4) is 0 Å². The fraction of sp³-hybridized carbons (Fsp3) is 0.561. The van der Waals surface area contributed by atoms with Crippen LogP contribution >= 0.6 is 0 Å².